The van der Waals surface area contributed by atoms with Crippen LogP contribution in [0.1, 0.15) is 138 Å². The van der Waals surface area contributed by atoms with E-state index in [0.717, 1.165) is 39.2 Å². The number of esters is 2. The first-order chi connectivity index (χ1) is 26.7. The molecule has 1 aromatic carbocycles. The van der Waals surface area contributed by atoms with Crippen molar-refractivity contribution in [3.63, 3.8) is 0 Å². The number of carbonyl (C=O) groups excluding carboxylic acids is 3. The van der Waals surface area contributed by atoms with Crippen molar-refractivity contribution in [2.45, 2.75) is 174 Å². The van der Waals surface area contributed by atoms with Gasteiger partial charge in [-0.1, -0.05) is 83.0 Å². The molecule has 326 valence electrons. The highest BCUT2D eigenvalue weighted by Crippen LogP contribution is 2.72. The Bertz CT molecular complexity index is 1700. The van der Waals surface area contributed by atoms with Gasteiger partial charge in [-0.2, -0.15) is 0 Å². The minimum atomic E-state index is -1.88. The molecule has 0 aromatic heterocycles. The van der Waals surface area contributed by atoms with Crippen LogP contribution in [0.3, 0.4) is 0 Å². The van der Waals surface area contributed by atoms with Crippen LogP contribution in [0.4, 0.5) is 0 Å². The molecule has 4 aliphatic rings. The summed E-state index contributed by atoms with van der Waals surface area (Å²) in [5.74, 6) is -1.96. The molecule has 4 aliphatic carbocycles. The summed E-state index contributed by atoms with van der Waals surface area (Å²) in [5.41, 5.74) is -1.86. The zero-order valence-corrected chi connectivity index (χ0v) is 36.4. The third-order valence-corrected chi connectivity index (χ3v) is 15.7. The molecule has 5 rings (SSSR count). The number of rotatable bonds is 14. The van der Waals surface area contributed by atoms with Gasteiger partial charge in [0.15, 0.2) is 6.04 Å². The zero-order valence-electron chi connectivity index (χ0n) is 36.4. The van der Waals surface area contributed by atoms with Crippen molar-refractivity contribution >= 4 is 17.8 Å². The molecular formula is C46H71NO11. The van der Waals surface area contributed by atoms with Crippen molar-refractivity contribution in [2.75, 3.05) is 7.11 Å². The minimum absolute atomic E-state index is 0.0112. The second-order valence-electron chi connectivity index (χ2n) is 20.4. The lowest BCUT2D eigenvalue weighted by atomic mass is 9.42. The number of aliphatic hydroxyl groups is 6. The first kappa shape index (κ1) is 46.2. The Hall–Kier alpha value is -2.87. The van der Waals surface area contributed by atoms with Gasteiger partial charge in [-0.15, -0.1) is 0 Å². The molecule has 0 unspecified atom stereocenters. The smallest absolute Gasteiger partial charge is 0.331 e. The van der Waals surface area contributed by atoms with Crippen molar-refractivity contribution in [1.82, 2.24) is 5.32 Å². The largest absolute Gasteiger partial charge is 0.467 e. The molecule has 58 heavy (non-hydrogen) atoms. The molecule has 7 N–H and O–H groups in total. The van der Waals surface area contributed by atoms with Gasteiger partial charge >= 0.3 is 11.9 Å². The Balaban J connectivity index is 1.28. The average molecular weight is 814 g/mol. The molecule has 12 nitrogen and oxygen atoms in total. The van der Waals surface area contributed by atoms with Crippen LogP contribution in [0.2, 0.25) is 0 Å². The molecule has 0 heterocycles. The van der Waals surface area contributed by atoms with Crippen molar-refractivity contribution in [1.29, 1.82) is 0 Å². The standard InChI is InChI=1S/C46H71NO11/c1-26(16-19-33(49)42(4,5)55)28-20-21-45(8)29-17-18-32-41(2,3)39(31(48)23-44(32,7)30(29)22-34(50)46(28,45)9)58-36(52)25-43(6,56)24-35(51)47-37(40(54)57-10)38(53)27-14-12-11-13-15-27/h11-15,26,28,31-34,37-39,48-50,53,55-56H,16-25H2,1-10H3,(H,47,51)/t26-,28-,31-,32+,33-,34+,37+,38+,39+,43-,44-,45+,46+/m1/s1. The van der Waals surface area contributed by atoms with Crippen LogP contribution in [0, 0.1) is 39.4 Å². The van der Waals surface area contributed by atoms with Gasteiger partial charge in [0.05, 0.1) is 49.5 Å². The number of aliphatic hydroxyl groups excluding tert-OH is 4. The van der Waals surface area contributed by atoms with Crippen molar-refractivity contribution in [3.8, 4) is 0 Å². The summed E-state index contributed by atoms with van der Waals surface area (Å²) in [6.07, 6.45) is -0.284. The Morgan fingerprint density at radius 1 is 0.931 bits per heavy atom. The van der Waals surface area contributed by atoms with Crippen LogP contribution in [-0.2, 0) is 23.9 Å². The number of allylic oxidation sites excluding steroid dienone is 1. The van der Waals surface area contributed by atoms with Crippen LogP contribution >= 0.6 is 0 Å². The fourth-order valence-corrected chi connectivity index (χ4v) is 12.3. The molecule has 2 fully saturated rings. The lowest BCUT2D eigenvalue weighted by molar-refractivity contribution is -0.198. The summed E-state index contributed by atoms with van der Waals surface area (Å²) in [6, 6.07) is 6.85. The number of ether oxygens (including phenoxy) is 2. The summed E-state index contributed by atoms with van der Waals surface area (Å²) in [5, 5.41) is 69.5. The SMILES string of the molecule is COC(=O)[C@@H](NC(=O)C[C@@](C)(O)CC(=O)O[C@H]1[C@H](O)C[C@]2(C)C3=C(CC[C@H]2C1(C)C)[C@]1(C)CC[C@H]([C@H](C)CC[C@@H](O)C(C)(C)O)[C@@]1(C)[C@@H](O)C3)[C@@H](O)c1ccccc1. The van der Waals surface area contributed by atoms with E-state index in [0.29, 0.717) is 24.8 Å². The highest BCUT2D eigenvalue weighted by Gasteiger charge is 2.67. The Morgan fingerprint density at radius 3 is 2.17 bits per heavy atom. The van der Waals surface area contributed by atoms with E-state index in [1.165, 1.54) is 18.1 Å². The number of fused-ring (bicyclic) bond motifs is 4. The predicted molar refractivity (Wildman–Crippen MR) is 218 cm³/mol. The van der Waals surface area contributed by atoms with Gasteiger partial charge in [0.2, 0.25) is 5.91 Å². The van der Waals surface area contributed by atoms with Crippen LogP contribution in [0.15, 0.2) is 41.5 Å². The predicted octanol–water partition coefficient (Wildman–Crippen LogP) is 5.06. The number of hydrogen-bond donors (Lipinski definition) is 7. The van der Waals surface area contributed by atoms with Gasteiger partial charge < -0.3 is 45.4 Å². The maximum atomic E-state index is 13.5. The van der Waals surface area contributed by atoms with E-state index in [1.807, 2.05) is 13.8 Å². The van der Waals surface area contributed by atoms with E-state index >= 15 is 0 Å². The third-order valence-electron chi connectivity index (χ3n) is 15.7. The second-order valence-corrected chi connectivity index (χ2v) is 20.4. The number of methoxy groups -OCH3 is 1. The van der Waals surface area contributed by atoms with E-state index in [1.54, 1.807) is 44.2 Å². The lowest BCUT2D eigenvalue weighted by Gasteiger charge is -2.64. The number of amides is 1. The van der Waals surface area contributed by atoms with E-state index < -0.39 is 89.3 Å². The monoisotopic (exact) mass is 814 g/mol. The first-order valence-electron chi connectivity index (χ1n) is 21.3. The Morgan fingerprint density at radius 2 is 1.57 bits per heavy atom. The molecule has 0 aliphatic heterocycles. The molecule has 2 saturated carbocycles. The van der Waals surface area contributed by atoms with E-state index in [2.05, 4.69) is 33.0 Å². The van der Waals surface area contributed by atoms with Crippen molar-refractivity contribution in [3.05, 3.63) is 47.0 Å². The summed E-state index contributed by atoms with van der Waals surface area (Å²) in [4.78, 5) is 39.2. The normalized spacial score (nSPS) is 34.9. The molecule has 0 spiro atoms. The maximum absolute atomic E-state index is 13.5. The van der Waals surface area contributed by atoms with Crippen LogP contribution < -0.4 is 5.32 Å². The summed E-state index contributed by atoms with van der Waals surface area (Å²) < 4.78 is 10.8. The van der Waals surface area contributed by atoms with Crippen LogP contribution in [-0.4, -0.2) is 97.3 Å². The molecular weight excluding hydrogens is 743 g/mol. The van der Waals surface area contributed by atoms with Gasteiger partial charge in [0.25, 0.3) is 0 Å². The van der Waals surface area contributed by atoms with Crippen LogP contribution in [0.5, 0.6) is 0 Å². The molecule has 1 aromatic rings. The van der Waals surface area contributed by atoms with Crippen molar-refractivity contribution in [2.24, 2.45) is 39.4 Å². The molecule has 0 radical (unpaired) electrons. The lowest BCUT2D eigenvalue weighted by Crippen LogP contribution is -2.62. The second kappa shape index (κ2) is 16.5. The average Bonchev–Trinajstić information content (AvgIpc) is 3.42. The number of hydrogen-bond acceptors (Lipinski definition) is 11. The van der Waals surface area contributed by atoms with E-state index in [-0.39, 0.29) is 28.6 Å². The van der Waals surface area contributed by atoms with Gasteiger partial charge in [0.1, 0.15) is 12.2 Å². The summed E-state index contributed by atoms with van der Waals surface area (Å²) in [7, 11) is 1.14. The summed E-state index contributed by atoms with van der Waals surface area (Å²) >= 11 is 0. The topological polar surface area (TPSA) is 203 Å². The molecule has 0 bridgehead atoms. The van der Waals surface area contributed by atoms with E-state index in [9.17, 15) is 45.0 Å². The summed E-state index contributed by atoms with van der Waals surface area (Å²) in [6.45, 7) is 17.6. The number of benzene rings is 1. The van der Waals surface area contributed by atoms with Crippen LogP contribution in [0.25, 0.3) is 0 Å². The molecule has 0 saturated heterocycles. The number of carbonyl (C=O) groups is 3. The Labute approximate surface area is 344 Å². The fourth-order valence-electron chi connectivity index (χ4n) is 12.3. The maximum Gasteiger partial charge on any atom is 0.331 e. The minimum Gasteiger partial charge on any atom is -0.467 e. The van der Waals surface area contributed by atoms with Gasteiger partial charge in [-0.25, -0.2) is 4.79 Å². The highest BCUT2D eigenvalue weighted by atomic mass is 16.6. The van der Waals surface area contributed by atoms with Gasteiger partial charge in [-0.3, -0.25) is 9.59 Å². The highest BCUT2D eigenvalue weighted by molar-refractivity contribution is 5.86. The van der Waals surface area contributed by atoms with E-state index in [4.69, 9.17) is 9.47 Å². The van der Waals surface area contributed by atoms with Gasteiger partial charge in [-0.05, 0) is 106 Å². The quantitative estimate of drug-likeness (QED) is 0.0978. The first-order valence-corrected chi connectivity index (χ1v) is 21.3. The third kappa shape index (κ3) is 8.40. The zero-order chi connectivity index (χ0) is 43.4. The molecule has 12 heteroatoms. The fraction of sp³-hybridized carbons (Fsp3) is 0.761. The van der Waals surface area contributed by atoms with Gasteiger partial charge in [0, 0.05) is 10.8 Å². The number of nitrogens with one attached hydrogen (secondary N) is 1. The molecule has 1 amide bonds. The Kier molecular flexibility index (Phi) is 13.2. The van der Waals surface area contributed by atoms with Crippen molar-refractivity contribution < 1.29 is 54.5 Å². The molecule has 13 atom stereocenters.